The molecule has 2 rings (SSSR count). The van der Waals surface area contributed by atoms with Crippen LogP contribution in [0.2, 0.25) is 0 Å². The van der Waals surface area contributed by atoms with Crippen LogP contribution in [0.3, 0.4) is 0 Å². The number of thiophene rings is 1. The van der Waals surface area contributed by atoms with Crippen molar-refractivity contribution in [1.82, 2.24) is 0 Å². The predicted molar refractivity (Wildman–Crippen MR) is 60.0 cm³/mol. The minimum absolute atomic E-state index is 0.262. The third kappa shape index (κ3) is 1.35. The number of aromatic hydroxyl groups is 1. The third-order valence-electron chi connectivity index (χ3n) is 1.97. The summed E-state index contributed by atoms with van der Waals surface area (Å²) in [5.41, 5.74) is 0.620. The standard InChI is InChI=1S/C10H7NOS2/c1-13-8-3-2-6(5-11)7-4-9(12)14-10(7)8/h2-4,12H,1H3. The Labute approximate surface area is 89.8 Å². The molecule has 1 N–H and O–H groups in total. The summed E-state index contributed by atoms with van der Waals surface area (Å²) in [6.07, 6.45) is 1.98. The first-order valence-corrected chi connectivity index (χ1v) is 6.00. The van der Waals surface area contributed by atoms with Crippen LogP contribution in [-0.2, 0) is 0 Å². The van der Waals surface area contributed by atoms with Crippen LogP contribution in [-0.4, -0.2) is 11.4 Å². The third-order valence-corrected chi connectivity index (χ3v) is 3.85. The van der Waals surface area contributed by atoms with E-state index in [1.807, 2.05) is 12.3 Å². The largest absolute Gasteiger partial charge is 0.499 e. The molecule has 4 heteroatoms. The zero-order chi connectivity index (χ0) is 10.1. The lowest BCUT2D eigenvalue weighted by Gasteiger charge is -1.98. The predicted octanol–water partition coefficient (Wildman–Crippen LogP) is 3.20. The molecule has 2 nitrogen and oxygen atoms in total. The molecule has 70 valence electrons. The summed E-state index contributed by atoms with van der Waals surface area (Å²) in [4.78, 5) is 1.10. The Morgan fingerprint density at radius 3 is 2.93 bits per heavy atom. The van der Waals surface area contributed by atoms with E-state index in [1.54, 1.807) is 23.9 Å². The molecule has 0 atom stereocenters. The first-order chi connectivity index (χ1) is 6.76. The van der Waals surface area contributed by atoms with E-state index in [1.165, 1.54) is 11.3 Å². The monoisotopic (exact) mass is 221 g/mol. The summed E-state index contributed by atoms with van der Waals surface area (Å²) in [5, 5.41) is 19.4. The fourth-order valence-corrected chi connectivity index (χ4v) is 3.05. The molecule has 0 amide bonds. The second kappa shape index (κ2) is 3.52. The molecule has 0 saturated carbocycles. The molecular formula is C10H7NOS2. The van der Waals surface area contributed by atoms with Gasteiger partial charge in [0, 0.05) is 16.3 Å². The highest BCUT2D eigenvalue weighted by atomic mass is 32.2. The summed E-state index contributed by atoms with van der Waals surface area (Å²) in [6.45, 7) is 0. The number of nitriles is 1. The highest BCUT2D eigenvalue weighted by Gasteiger charge is 2.09. The second-order valence-electron chi connectivity index (χ2n) is 2.75. The molecule has 0 aliphatic heterocycles. The smallest absolute Gasteiger partial charge is 0.172 e. The van der Waals surface area contributed by atoms with Crippen LogP contribution in [0.5, 0.6) is 5.06 Å². The van der Waals surface area contributed by atoms with Gasteiger partial charge in [0.05, 0.1) is 16.3 Å². The maximum absolute atomic E-state index is 9.40. The first-order valence-electron chi connectivity index (χ1n) is 3.96. The van der Waals surface area contributed by atoms with Gasteiger partial charge in [0.1, 0.15) is 0 Å². The van der Waals surface area contributed by atoms with Gasteiger partial charge < -0.3 is 5.11 Å². The fraction of sp³-hybridized carbons (Fsp3) is 0.100. The van der Waals surface area contributed by atoms with Crippen molar-refractivity contribution in [3.05, 3.63) is 23.8 Å². The average Bonchev–Trinajstić information content (AvgIpc) is 2.57. The topological polar surface area (TPSA) is 44.0 Å². The van der Waals surface area contributed by atoms with Crippen molar-refractivity contribution >= 4 is 33.2 Å². The number of thioether (sulfide) groups is 1. The molecule has 0 saturated heterocycles. The number of rotatable bonds is 1. The number of hydrogen-bond acceptors (Lipinski definition) is 4. The lowest BCUT2D eigenvalue weighted by Crippen LogP contribution is -1.76. The van der Waals surface area contributed by atoms with Gasteiger partial charge in [-0.05, 0) is 18.4 Å². The molecule has 1 aromatic heterocycles. The average molecular weight is 221 g/mol. The minimum Gasteiger partial charge on any atom is -0.499 e. The maximum atomic E-state index is 9.40. The Bertz CT molecular complexity index is 525. The molecule has 0 aliphatic rings. The molecule has 0 unspecified atom stereocenters. The number of hydrogen-bond donors (Lipinski definition) is 1. The van der Waals surface area contributed by atoms with Crippen molar-refractivity contribution < 1.29 is 5.11 Å². The van der Waals surface area contributed by atoms with Crippen molar-refractivity contribution in [2.75, 3.05) is 6.26 Å². The summed E-state index contributed by atoms with van der Waals surface area (Å²) < 4.78 is 0.994. The van der Waals surface area contributed by atoms with Crippen molar-refractivity contribution in [2.24, 2.45) is 0 Å². The molecule has 1 heterocycles. The van der Waals surface area contributed by atoms with Crippen LogP contribution >= 0.6 is 23.1 Å². The summed E-state index contributed by atoms with van der Waals surface area (Å²) in [6, 6.07) is 7.48. The Balaban J connectivity index is 2.86. The van der Waals surface area contributed by atoms with Crippen LogP contribution in [0, 0.1) is 11.3 Å². The van der Waals surface area contributed by atoms with Crippen LogP contribution in [0.25, 0.3) is 10.1 Å². The van der Waals surface area contributed by atoms with Gasteiger partial charge in [-0.25, -0.2) is 0 Å². The molecule has 14 heavy (non-hydrogen) atoms. The Hall–Kier alpha value is -1.18. The van der Waals surface area contributed by atoms with Gasteiger partial charge in [-0.1, -0.05) is 11.3 Å². The van der Waals surface area contributed by atoms with Crippen molar-refractivity contribution in [1.29, 1.82) is 5.26 Å². The van der Waals surface area contributed by atoms with Crippen molar-refractivity contribution in [3.63, 3.8) is 0 Å². The van der Waals surface area contributed by atoms with Gasteiger partial charge in [-0.3, -0.25) is 0 Å². The van der Waals surface area contributed by atoms with E-state index in [0.717, 1.165) is 15.0 Å². The van der Waals surface area contributed by atoms with Crippen molar-refractivity contribution in [3.8, 4) is 11.1 Å². The number of benzene rings is 1. The molecule has 1 aromatic carbocycles. The fourth-order valence-electron chi connectivity index (χ4n) is 1.34. The Morgan fingerprint density at radius 1 is 1.50 bits per heavy atom. The molecule has 0 spiro atoms. The van der Waals surface area contributed by atoms with Gasteiger partial charge in [-0.15, -0.1) is 11.8 Å². The van der Waals surface area contributed by atoms with Crippen molar-refractivity contribution in [2.45, 2.75) is 4.90 Å². The van der Waals surface area contributed by atoms with Gasteiger partial charge in [0.15, 0.2) is 5.06 Å². The lowest BCUT2D eigenvalue weighted by atomic mass is 10.1. The second-order valence-corrected chi connectivity index (χ2v) is 4.63. The Kier molecular flexibility index (Phi) is 2.36. The highest BCUT2D eigenvalue weighted by molar-refractivity contribution is 7.99. The van der Waals surface area contributed by atoms with E-state index < -0.39 is 0 Å². The van der Waals surface area contributed by atoms with E-state index in [4.69, 9.17) is 5.26 Å². The van der Waals surface area contributed by atoms with Crippen LogP contribution in [0.4, 0.5) is 0 Å². The maximum Gasteiger partial charge on any atom is 0.172 e. The zero-order valence-corrected chi connectivity index (χ0v) is 9.08. The van der Waals surface area contributed by atoms with Gasteiger partial charge in [0.2, 0.25) is 0 Å². The molecule has 0 radical (unpaired) electrons. The van der Waals surface area contributed by atoms with Gasteiger partial charge in [-0.2, -0.15) is 5.26 Å². The summed E-state index contributed by atoms with van der Waals surface area (Å²) in [7, 11) is 0. The number of fused-ring (bicyclic) bond motifs is 1. The Morgan fingerprint density at radius 2 is 2.29 bits per heavy atom. The zero-order valence-electron chi connectivity index (χ0n) is 7.44. The van der Waals surface area contributed by atoms with E-state index in [0.29, 0.717) is 5.56 Å². The summed E-state index contributed by atoms with van der Waals surface area (Å²) >= 11 is 2.94. The quantitative estimate of drug-likeness (QED) is 0.752. The lowest BCUT2D eigenvalue weighted by molar-refractivity contribution is 0.491. The molecule has 0 fully saturated rings. The van der Waals surface area contributed by atoms with Crippen LogP contribution in [0.1, 0.15) is 5.56 Å². The minimum atomic E-state index is 0.262. The van der Waals surface area contributed by atoms with E-state index in [2.05, 4.69) is 6.07 Å². The molecule has 0 aliphatic carbocycles. The van der Waals surface area contributed by atoms with E-state index >= 15 is 0 Å². The van der Waals surface area contributed by atoms with E-state index in [-0.39, 0.29) is 5.06 Å². The van der Waals surface area contributed by atoms with Gasteiger partial charge >= 0.3 is 0 Å². The normalized spacial score (nSPS) is 10.3. The van der Waals surface area contributed by atoms with Crippen LogP contribution < -0.4 is 0 Å². The van der Waals surface area contributed by atoms with E-state index in [9.17, 15) is 5.11 Å². The molecule has 2 aromatic rings. The molecular weight excluding hydrogens is 214 g/mol. The SMILES string of the molecule is CSc1ccc(C#N)c2cc(O)sc12. The van der Waals surface area contributed by atoms with Gasteiger partial charge in [0.25, 0.3) is 0 Å². The summed E-state index contributed by atoms with van der Waals surface area (Å²) in [5.74, 6) is 0. The number of nitrogens with zero attached hydrogens (tertiary/aromatic N) is 1. The first kappa shape index (κ1) is 9.38. The molecule has 0 bridgehead atoms. The van der Waals surface area contributed by atoms with Crippen LogP contribution in [0.15, 0.2) is 23.1 Å². The highest BCUT2D eigenvalue weighted by Crippen LogP contribution is 2.38.